The highest BCUT2D eigenvalue weighted by molar-refractivity contribution is 7.80. The molecule has 0 aromatic rings. The maximum atomic E-state index is 11.9. The number of carbonyl (C=O) groups is 2. The van der Waals surface area contributed by atoms with Crippen LogP contribution in [0.3, 0.4) is 0 Å². The Morgan fingerprint density at radius 3 is 2.32 bits per heavy atom. The number of amides is 2. The molecule has 1 aliphatic rings. The first-order valence-electron chi connectivity index (χ1n) is 6.67. The molecular formula is C13H23N3O2S. The molecule has 1 rings (SSSR count). The van der Waals surface area contributed by atoms with E-state index in [1.807, 2.05) is 20.8 Å². The number of carbonyl (C=O) groups excluding carboxylic acids is 2. The summed E-state index contributed by atoms with van der Waals surface area (Å²) in [5.74, 6) is -0.774. The van der Waals surface area contributed by atoms with Crippen LogP contribution in [0.25, 0.3) is 0 Å². The summed E-state index contributed by atoms with van der Waals surface area (Å²) < 4.78 is 0. The lowest BCUT2D eigenvalue weighted by Gasteiger charge is -2.33. The largest absolute Gasteiger partial charge is 0.393 e. The molecular weight excluding hydrogens is 262 g/mol. The predicted molar refractivity (Wildman–Crippen MR) is 78.6 cm³/mol. The van der Waals surface area contributed by atoms with Crippen molar-refractivity contribution in [1.29, 1.82) is 0 Å². The van der Waals surface area contributed by atoms with Gasteiger partial charge in [-0.1, -0.05) is 26.1 Å². The van der Waals surface area contributed by atoms with Gasteiger partial charge in [-0.3, -0.25) is 9.59 Å². The van der Waals surface area contributed by atoms with Crippen molar-refractivity contribution >= 4 is 29.0 Å². The Hall–Kier alpha value is -1.17. The fourth-order valence-corrected chi connectivity index (χ4v) is 2.17. The third-order valence-corrected chi connectivity index (χ3v) is 4.23. The summed E-state index contributed by atoms with van der Waals surface area (Å²) in [7, 11) is 0. The first-order valence-corrected chi connectivity index (χ1v) is 7.08. The predicted octanol–water partition coefficient (Wildman–Crippen LogP) is 0.770. The minimum absolute atomic E-state index is 0.201. The summed E-state index contributed by atoms with van der Waals surface area (Å²) in [4.78, 5) is 27.3. The summed E-state index contributed by atoms with van der Waals surface area (Å²) in [6.07, 6.45) is 1.62. The Kier molecular flexibility index (Phi) is 5.29. The van der Waals surface area contributed by atoms with E-state index in [-0.39, 0.29) is 17.2 Å². The molecule has 19 heavy (non-hydrogen) atoms. The van der Waals surface area contributed by atoms with Crippen LogP contribution in [-0.2, 0) is 9.59 Å². The standard InChI is InChI=1S/C13H23N3O2S/c1-4-15-8-9-16(11(18)10(15)17)7-5-6-13(2,3)12(14)19/h4-9H2,1-3H3,(H2,14,19). The van der Waals surface area contributed by atoms with E-state index in [0.29, 0.717) is 31.2 Å². The van der Waals surface area contributed by atoms with Gasteiger partial charge in [-0.2, -0.15) is 0 Å². The smallest absolute Gasteiger partial charge is 0.312 e. The Balaban J connectivity index is 2.45. The van der Waals surface area contributed by atoms with Gasteiger partial charge in [0.1, 0.15) is 0 Å². The number of rotatable bonds is 6. The molecule has 0 saturated carbocycles. The maximum Gasteiger partial charge on any atom is 0.312 e. The third kappa shape index (κ3) is 3.89. The minimum Gasteiger partial charge on any atom is -0.393 e. The van der Waals surface area contributed by atoms with Gasteiger partial charge in [-0.15, -0.1) is 0 Å². The van der Waals surface area contributed by atoms with Crippen LogP contribution in [0.2, 0.25) is 0 Å². The van der Waals surface area contributed by atoms with E-state index in [2.05, 4.69) is 0 Å². The van der Waals surface area contributed by atoms with E-state index < -0.39 is 0 Å². The topological polar surface area (TPSA) is 66.6 Å². The van der Waals surface area contributed by atoms with Crippen molar-refractivity contribution in [3.8, 4) is 0 Å². The lowest BCUT2D eigenvalue weighted by molar-refractivity contribution is -0.155. The maximum absolute atomic E-state index is 11.9. The second kappa shape index (κ2) is 6.32. The first-order chi connectivity index (χ1) is 8.79. The fourth-order valence-electron chi connectivity index (χ4n) is 2.07. The van der Waals surface area contributed by atoms with Crippen molar-refractivity contribution in [2.45, 2.75) is 33.6 Å². The minimum atomic E-state index is -0.388. The van der Waals surface area contributed by atoms with Gasteiger partial charge in [0.05, 0.1) is 4.99 Å². The highest BCUT2D eigenvalue weighted by atomic mass is 32.1. The Labute approximate surface area is 120 Å². The summed E-state index contributed by atoms with van der Waals surface area (Å²) in [6, 6.07) is 0. The van der Waals surface area contributed by atoms with Crippen LogP contribution in [0.4, 0.5) is 0 Å². The van der Waals surface area contributed by atoms with Gasteiger partial charge in [0.15, 0.2) is 0 Å². The fraction of sp³-hybridized carbons (Fsp3) is 0.769. The van der Waals surface area contributed by atoms with E-state index in [1.54, 1.807) is 9.80 Å². The van der Waals surface area contributed by atoms with Crippen LogP contribution in [0.15, 0.2) is 0 Å². The van der Waals surface area contributed by atoms with E-state index >= 15 is 0 Å². The molecule has 0 aromatic heterocycles. The molecule has 1 heterocycles. The van der Waals surface area contributed by atoms with E-state index in [0.717, 1.165) is 12.8 Å². The highest BCUT2D eigenvalue weighted by Crippen LogP contribution is 2.23. The van der Waals surface area contributed by atoms with Crippen molar-refractivity contribution in [2.24, 2.45) is 11.1 Å². The Morgan fingerprint density at radius 1 is 1.26 bits per heavy atom. The molecule has 5 nitrogen and oxygen atoms in total. The summed E-state index contributed by atoms with van der Waals surface area (Å²) in [5.41, 5.74) is 5.46. The normalized spacial score (nSPS) is 17.0. The molecule has 2 N–H and O–H groups in total. The van der Waals surface area contributed by atoms with Crippen molar-refractivity contribution in [1.82, 2.24) is 9.80 Å². The number of hydrogen-bond donors (Lipinski definition) is 1. The molecule has 1 saturated heterocycles. The molecule has 2 amide bonds. The second-order valence-electron chi connectivity index (χ2n) is 5.53. The van der Waals surface area contributed by atoms with Gasteiger partial charge in [0.25, 0.3) is 0 Å². The molecule has 0 atom stereocenters. The Morgan fingerprint density at radius 2 is 1.79 bits per heavy atom. The highest BCUT2D eigenvalue weighted by Gasteiger charge is 2.31. The zero-order valence-corrected chi connectivity index (χ0v) is 12.8. The molecule has 1 aliphatic heterocycles. The quantitative estimate of drug-likeness (QED) is 0.578. The van der Waals surface area contributed by atoms with Crippen LogP contribution in [0.5, 0.6) is 0 Å². The van der Waals surface area contributed by atoms with Gasteiger partial charge >= 0.3 is 11.8 Å². The molecule has 0 bridgehead atoms. The molecule has 6 heteroatoms. The molecule has 0 aliphatic carbocycles. The summed E-state index contributed by atoms with van der Waals surface area (Å²) >= 11 is 5.01. The number of likely N-dealkylation sites (N-methyl/N-ethyl adjacent to an activating group) is 1. The zero-order valence-electron chi connectivity index (χ0n) is 11.9. The monoisotopic (exact) mass is 285 g/mol. The van der Waals surface area contributed by atoms with Crippen molar-refractivity contribution < 1.29 is 9.59 Å². The van der Waals surface area contributed by atoms with Crippen molar-refractivity contribution in [3.05, 3.63) is 0 Å². The van der Waals surface area contributed by atoms with Crippen LogP contribution >= 0.6 is 12.2 Å². The third-order valence-electron chi connectivity index (χ3n) is 3.68. The number of piperazine rings is 1. The van der Waals surface area contributed by atoms with Gasteiger partial charge in [0, 0.05) is 31.6 Å². The van der Waals surface area contributed by atoms with Gasteiger partial charge < -0.3 is 15.5 Å². The molecule has 1 fully saturated rings. The number of nitrogens with zero attached hydrogens (tertiary/aromatic N) is 2. The van der Waals surface area contributed by atoms with Gasteiger partial charge in [-0.05, 0) is 19.8 Å². The number of nitrogens with two attached hydrogens (primary N) is 1. The number of thiocarbonyl (C=S) groups is 1. The van der Waals surface area contributed by atoms with Crippen molar-refractivity contribution in [2.75, 3.05) is 26.2 Å². The average molecular weight is 285 g/mol. The van der Waals surface area contributed by atoms with Crippen LogP contribution in [-0.4, -0.2) is 52.8 Å². The van der Waals surface area contributed by atoms with Gasteiger partial charge in [-0.25, -0.2) is 0 Å². The second-order valence-corrected chi connectivity index (χ2v) is 5.97. The first kappa shape index (κ1) is 15.9. The SMILES string of the molecule is CCN1CCN(CCCC(C)(C)C(N)=S)C(=O)C1=O. The zero-order chi connectivity index (χ0) is 14.6. The van der Waals surface area contributed by atoms with Crippen LogP contribution in [0.1, 0.15) is 33.6 Å². The molecule has 0 aromatic carbocycles. The summed E-state index contributed by atoms with van der Waals surface area (Å²) in [5, 5.41) is 0. The van der Waals surface area contributed by atoms with E-state index in [9.17, 15) is 9.59 Å². The van der Waals surface area contributed by atoms with E-state index in [4.69, 9.17) is 18.0 Å². The molecule has 108 valence electrons. The Bertz CT molecular complexity index is 382. The lowest BCUT2D eigenvalue weighted by Crippen LogP contribution is -2.54. The van der Waals surface area contributed by atoms with Crippen molar-refractivity contribution in [3.63, 3.8) is 0 Å². The van der Waals surface area contributed by atoms with Crippen LogP contribution < -0.4 is 5.73 Å². The van der Waals surface area contributed by atoms with Crippen LogP contribution in [0, 0.1) is 5.41 Å². The molecule has 0 spiro atoms. The lowest BCUT2D eigenvalue weighted by atomic mass is 9.88. The average Bonchev–Trinajstić information content (AvgIpc) is 2.34. The molecule has 0 radical (unpaired) electrons. The summed E-state index contributed by atoms with van der Waals surface area (Å²) in [6.45, 7) is 8.30. The van der Waals surface area contributed by atoms with E-state index in [1.165, 1.54) is 0 Å². The number of hydrogen-bond acceptors (Lipinski definition) is 3. The van der Waals surface area contributed by atoms with Gasteiger partial charge in [0.2, 0.25) is 0 Å². The molecule has 0 unspecified atom stereocenters.